The fourth-order valence-electron chi connectivity index (χ4n) is 2.04. The molecule has 0 radical (unpaired) electrons. The molecule has 19 heavy (non-hydrogen) atoms. The third-order valence-electron chi connectivity index (χ3n) is 3.27. The molecule has 0 fully saturated rings. The second kappa shape index (κ2) is 7.89. The molecule has 1 nitrogen and oxygen atoms in total. The highest BCUT2D eigenvalue weighted by Crippen LogP contribution is 2.31. The molecule has 0 aliphatic rings. The highest BCUT2D eigenvalue weighted by Gasteiger charge is 2.12. The Labute approximate surface area is 118 Å². The molecular weight excluding hydrogens is 232 g/mol. The van der Waals surface area contributed by atoms with Gasteiger partial charge in [0, 0.05) is 6.42 Å². The van der Waals surface area contributed by atoms with Crippen LogP contribution in [0, 0.1) is 11.8 Å². The van der Waals surface area contributed by atoms with E-state index in [2.05, 4.69) is 57.7 Å². The van der Waals surface area contributed by atoms with Crippen molar-refractivity contribution in [2.45, 2.75) is 59.3 Å². The second-order valence-corrected chi connectivity index (χ2v) is 5.33. The lowest BCUT2D eigenvalue weighted by Crippen LogP contribution is -2.02. The van der Waals surface area contributed by atoms with Gasteiger partial charge in [-0.15, -0.1) is 11.8 Å². The van der Waals surface area contributed by atoms with Crippen LogP contribution in [0.1, 0.15) is 70.4 Å². The summed E-state index contributed by atoms with van der Waals surface area (Å²) in [5, 5.41) is 0. The van der Waals surface area contributed by atoms with Crippen molar-refractivity contribution in [1.29, 1.82) is 0 Å². The minimum absolute atomic E-state index is 0.477. The first-order valence-electron chi connectivity index (χ1n) is 7.26. The summed E-state index contributed by atoms with van der Waals surface area (Å²) in [6.45, 7) is 11.5. The maximum absolute atomic E-state index is 5.84. The van der Waals surface area contributed by atoms with Crippen molar-refractivity contribution in [3.05, 3.63) is 29.3 Å². The van der Waals surface area contributed by atoms with Gasteiger partial charge in [-0.25, -0.2) is 0 Å². The standard InChI is InChI=1S/C18H26O/c1-6-8-9-15(5)16-10-11-18(19-12-7-2)17(13-16)14(3)4/h10-11,13-15H,7,9,12H2,1-5H3. The number of ether oxygens (including phenoxy) is 1. The van der Waals surface area contributed by atoms with Crippen molar-refractivity contribution in [3.63, 3.8) is 0 Å². The minimum atomic E-state index is 0.477. The molecular formula is C18H26O. The SMILES string of the molecule is CC#CCC(C)c1ccc(OCCC)c(C(C)C)c1. The van der Waals surface area contributed by atoms with Gasteiger partial charge in [-0.3, -0.25) is 0 Å². The van der Waals surface area contributed by atoms with Gasteiger partial charge in [0.2, 0.25) is 0 Å². The van der Waals surface area contributed by atoms with Crippen LogP contribution in [0.15, 0.2) is 18.2 Å². The molecule has 1 heteroatoms. The van der Waals surface area contributed by atoms with Crippen LogP contribution in [0.4, 0.5) is 0 Å². The van der Waals surface area contributed by atoms with E-state index in [0.29, 0.717) is 11.8 Å². The van der Waals surface area contributed by atoms with Crippen LogP contribution in [-0.2, 0) is 0 Å². The van der Waals surface area contributed by atoms with E-state index in [1.54, 1.807) is 0 Å². The summed E-state index contributed by atoms with van der Waals surface area (Å²) in [7, 11) is 0. The number of rotatable bonds is 6. The van der Waals surface area contributed by atoms with E-state index in [9.17, 15) is 0 Å². The number of hydrogen-bond donors (Lipinski definition) is 0. The van der Waals surface area contributed by atoms with Gasteiger partial charge in [0.05, 0.1) is 6.61 Å². The second-order valence-electron chi connectivity index (χ2n) is 5.33. The Morgan fingerprint density at radius 3 is 2.53 bits per heavy atom. The lowest BCUT2D eigenvalue weighted by molar-refractivity contribution is 0.313. The molecule has 1 atom stereocenters. The number of hydrogen-bond acceptors (Lipinski definition) is 1. The summed E-state index contributed by atoms with van der Waals surface area (Å²) in [5.41, 5.74) is 2.66. The van der Waals surface area contributed by atoms with E-state index in [0.717, 1.165) is 25.2 Å². The van der Waals surface area contributed by atoms with Crippen molar-refractivity contribution in [2.24, 2.45) is 0 Å². The summed E-state index contributed by atoms with van der Waals surface area (Å²) in [4.78, 5) is 0. The van der Waals surface area contributed by atoms with Crippen molar-refractivity contribution in [1.82, 2.24) is 0 Å². The van der Waals surface area contributed by atoms with E-state index >= 15 is 0 Å². The summed E-state index contributed by atoms with van der Waals surface area (Å²) in [5.74, 6) is 8.13. The monoisotopic (exact) mass is 258 g/mol. The maximum atomic E-state index is 5.84. The normalized spacial score (nSPS) is 11.9. The van der Waals surface area contributed by atoms with E-state index in [-0.39, 0.29) is 0 Å². The zero-order valence-electron chi connectivity index (χ0n) is 12.9. The fraction of sp³-hybridized carbons (Fsp3) is 0.556. The summed E-state index contributed by atoms with van der Waals surface area (Å²) < 4.78 is 5.84. The van der Waals surface area contributed by atoms with Gasteiger partial charge in [0.25, 0.3) is 0 Å². The van der Waals surface area contributed by atoms with Crippen molar-refractivity contribution in [2.75, 3.05) is 6.61 Å². The highest BCUT2D eigenvalue weighted by atomic mass is 16.5. The van der Waals surface area contributed by atoms with Crippen molar-refractivity contribution in [3.8, 4) is 17.6 Å². The predicted molar refractivity (Wildman–Crippen MR) is 82.8 cm³/mol. The first-order valence-corrected chi connectivity index (χ1v) is 7.26. The topological polar surface area (TPSA) is 9.23 Å². The average molecular weight is 258 g/mol. The molecule has 0 aliphatic heterocycles. The molecule has 0 N–H and O–H groups in total. The molecule has 0 bridgehead atoms. The third kappa shape index (κ3) is 4.63. The molecule has 0 saturated carbocycles. The zero-order chi connectivity index (χ0) is 14.3. The molecule has 0 amide bonds. The van der Waals surface area contributed by atoms with E-state index in [1.165, 1.54) is 11.1 Å². The van der Waals surface area contributed by atoms with Crippen LogP contribution >= 0.6 is 0 Å². The van der Waals surface area contributed by atoms with Gasteiger partial charge in [-0.1, -0.05) is 39.8 Å². The molecule has 1 unspecified atom stereocenters. The molecule has 1 aromatic carbocycles. The minimum Gasteiger partial charge on any atom is -0.493 e. The Morgan fingerprint density at radius 2 is 1.95 bits per heavy atom. The smallest absolute Gasteiger partial charge is 0.122 e. The van der Waals surface area contributed by atoms with Crippen LogP contribution in [0.3, 0.4) is 0 Å². The van der Waals surface area contributed by atoms with E-state index < -0.39 is 0 Å². The van der Waals surface area contributed by atoms with Crippen LogP contribution in [-0.4, -0.2) is 6.61 Å². The van der Waals surface area contributed by atoms with Crippen LogP contribution in [0.25, 0.3) is 0 Å². The van der Waals surface area contributed by atoms with E-state index in [1.807, 2.05) is 6.92 Å². The molecule has 104 valence electrons. The van der Waals surface area contributed by atoms with E-state index in [4.69, 9.17) is 4.74 Å². The lowest BCUT2D eigenvalue weighted by Gasteiger charge is -2.17. The van der Waals surface area contributed by atoms with Gasteiger partial charge < -0.3 is 4.74 Å². The van der Waals surface area contributed by atoms with Gasteiger partial charge in [-0.05, 0) is 42.4 Å². The molecule has 1 rings (SSSR count). The molecule has 0 saturated heterocycles. The molecule has 0 heterocycles. The molecule has 1 aromatic rings. The van der Waals surface area contributed by atoms with Gasteiger partial charge in [0.1, 0.15) is 5.75 Å². The van der Waals surface area contributed by atoms with Crippen LogP contribution in [0.5, 0.6) is 5.75 Å². The van der Waals surface area contributed by atoms with Gasteiger partial charge in [-0.2, -0.15) is 0 Å². The Morgan fingerprint density at radius 1 is 1.21 bits per heavy atom. The Hall–Kier alpha value is -1.42. The number of benzene rings is 1. The van der Waals surface area contributed by atoms with Gasteiger partial charge in [0.15, 0.2) is 0 Å². The van der Waals surface area contributed by atoms with Crippen molar-refractivity contribution >= 4 is 0 Å². The Bertz CT molecular complexity index is 448. The van der Waals surface area contributed by atoms with Crippen LogP contribution in [0.2, 0.25) is 0 Å². The Balaban J connectivity index is 2.96. The fourth-order valence-corrected chi connectivity index (χ4v) is 2.04. The third-order valence-corrected chi connectivity index (χ3v) is 3.27. The van der Waals surface area contributed by atoms with Gasteiger partial charge >= 0.3 is 0 Å². The zero-order valence-corrected chi connectivity index (χ0v) is 12.9. The largest absolute Gasteiger partial charge is 0.493 e. The maximum Gasteiger partial charge on any atom is 0.122 e. The summed E-state index contributed by atoms with van der Waals surface area (Å²) in [6.07, 6.45) is 1.96. The van der Waals surface area contributed by atoms with Crippen molar-refractivity contribution < 1.29 is 4.74 Å². The first-order chi connectivity index (χ1) is 9.10. The predicted octanol–water partition coefficient (Wildman–Crippen LogP) is 5.12. The highest BCUT2D eigenvalue weighted by molar-refractivity contribution is 5.40. The molecule has 0 aliphatic carbocycles. The first kappa shape index (κ1) is 15.6. The average Bonchev–Trinajstić information content (AvgIpc) is 2.42. The molecule has 0 aromatic heterocycles. The Kier molecular flexibility index (Phi) is 6.50. The van der Waals surface area contributed by atoms with Crippen LogP contribution < -0.4 is 4.74 Å². The lowest BCUT2D eigenvalue weighted by atomic mass is 9.92. The molecule has 0 spiro atoms. The summed E-state index contributed by atoms with van der Waals surface area (Å²) >= 11 is 0. The quantitative estimate of drug-likeness (QED) is 0.644. The summed E-state index contributed by atoms with van der Waals surface area (Å²) in [6, 6.07) is 6.59.